The molecule has 1 aliphatic heterocycles. The molecule has 4 aromatic rings. The highest BCUT2D eigenvalue weighted by atomic mass is 19.1. The van der Waals surface area contributed by atoms with Crippen LogP contribution in [0.15, 0.2) is 55.0 Å². The molecule has 178 valence electrons. The molecule has 1 aliphatic rings. The molecule has 7 nitrogen and oxygen atoms in total. The van der Waals surface area contributed by atoms with E-state index in [1.807, 2.05) is 48.2 Å². The van der Waals surface area contributed by atoms with Crippen LogP contribution < -0.4 is 9.64 Å². The highest BCUT2D eigenvalue weighted by molar-refractivity contribution is 6.00. The maximum atomic E-state index is 16.0. The van der Waals surface area contributed by atoms with Crippen LogP contribution >= 0.6 is 0 Å². The number of anilines is 1. The van der Waals surface area contributed by atoms with E-state index in [0.29, 0.717) is 29.9 Å². The Hall–Kier alpha value is -4.14. The zero-order valence-corrected chi connectivity index (χ0v) is 19.4. The number of piperazine rings is 1. The van der Waals surface area contributed by atoms with Gasteiger partial charge in [-0.15, -0.1) is 0 Å². The molecule has 2 aromatic carbocycles. The summed E-state index contributed by atoms with van der Waals surface area (Å²) in [5.41, 5.74) is 1.99. The molecule has 1 saturated heterocycles. The van der Waals surface area contributed by atoms with E-state index >= 15 is 4.39 Å². The molecule has 0 radical (unpaired) electrons. The van der Waals surface area contributed by atoms with E-state index in [1.54, 1.807) is 6.20 Å². The van der Waals surface area contributed by atoms with Gasteiger partial charge in [-0.25, -0.2) is 8.78 Å². The highest BCUT2D eigenvalue weighted by Crippen LogP contribution is 2.36. The van der Waals surface area contributed by atoms with Gasteiger partial charge >= 0.3 is 6.01 Å². The lowest BCUT2D eigenvalue weighted by Gasteiger charge is -2.35. The van der Waals surface area contributed by atoms with Crippen LogP contribution in [0.4, 0.5) is 14.6 Å². The van der Waals surface area contributed by atoms with Gasteiger partial charge in [0.05, 0.1) is 12.5 Å². The van der Waals surface area contributed by atoms with Crippen molar-refractivity contribution in [2.24, 2.45) is 0 Å². The minimum Gasteiger partial charge on any atom is -0.467 e. The third-order valence-corrected chi connectivity index (χ3v) is 6.29. The number of aryl methyl sites for hydroxylation is 1. The van der Waals surface area contributed by atoms with Crippen molar-refractivity contribution in [3.05, 3.63) is 66.4 Å². The number of pyridine rings is 1. The van der Waals surface area contributed by atoms with Gasteiger partial charge in [0, 0.05) is 37.9 Å². The summed E-state index contributed by atoms with van der Waals surface area (Å²) in [5.74, 6) is -1.83. The second-order valence-corrected chi connectivity index (χ2v) is 8.38. The molecule has 0 aliphatic carbocycles. The predicted molar refractivity (Wildman–Crippen MR) is 131 cm³/mol. The molecular weight excluding hydrogens is 452 g/mol. The van der Waals surface area contributed by atoms with Crippen molar-refractivity contribution in [2.75, 3.05) is 38.2 Å². The minimum atomic E-state index is -0.991. The first-order valence-corrected chi connectivity index (χ1v) is 11.2. The Labute approximate surface area is 200 Å². The molecule has 0 atom stereocenters. The lowest BCUT2D eigenvalue weighted by molar-refractivity contribution is -0.128. The molecule has 1 fully saturated rings. The number of ether oxygens (including phenoxy) is 1. The fourth-order valence-electron chi connectivity index (χ4n) is 4.56. The van der Waals surface area contributed by atoms with E-state index in [0.717, 1.165) is 16.3 Å². The number of hydrogen-bond donors (Lipinski definition) is 0. The normalized spacial score (nSPS) is 13.9. The second kappa shape index (κ2) is 8.90. The van der Waals surface area contributed by atoms with E-state index in [9.17, 15) is 9.18 Å². The second-order valence-electron chi connectivity index (χ2n) is 8.38. The number of halogens is 2. The Balaban J connectivity index is 1.60. The molecule has 1 amide bonds. The smallest absolute Gasteiger partial charge is 0.318 e. The van der Waals surface area contributed by atoms with Gasteiger partial charge in [0.2, 0.25) is 0 Å². The summed E-state index contributed by atoms with van der Waals surface area (Å²) in [5, 5.41) is 2.35. The van der Waals surface area contributed by atoms with Crippen LogP contribution in [0, 0.1) is 12.7 Å². The number of hydrogen-bond acceptors (Lipinski definition) is 6. The molecule has 0 N–H and O–H groups in total. The van der Waals surface area contributed by atoms with E-state index in [-0.39, 0.29) is 30.3 Å². The summed E-state index contributed by atoms with van der Waals surface area (Å²) in [6.07, 6.45) is 1.57. The molecular formula is C26H23F2N5O2. The van der Waals surface area contributed by atoms with E-state index in [4.69, 9.17) is 4.74 Å². The number of fused-ring (bicyclic) bond motifs is 2. The molecule has 0 unspecified atom stereocenters. The van der Waals surface area contributed by atoms with Gasteiger partial charge in [0.25, 0.3) is 5.91 Å². The number of aromatic nitrogens is 3. The van der Waals surface area contributed by atoms with Crippen molar-refractivity contribution in [3.8, 4) is 17.3 Å². The summed E-state index contributed by atoms with van der Waals surface area (Å²) in [7, 11) is 1.42. The SMILES string of the molecule is C=C(F)C(=O)N1CCN(c2nc(OC)nc3c(F)c(-c4cccc5cccc(C)c45)ncc23)CC1. The topological polar surface area (TPSA) is 71.5 Å². The van der Waals surface area contributed by atoms with Gasteiger partial charge in [-0.1, -0.05) is 43.0 Å². The zero-order chi connectivity index (χ0) is 24.7. The Morgan fingerprint density at radius 2 is 1.80 bits per heavy atom. The Morgan fingerprint density at radius 1 is 1.09 bits per heavy atom. The van der Waals surface area contributed by atoms with Crippen molar-refractivity contribution >= 4 is 33.4 Å². The summed E-state index contributed by atoms with van der Waals surface area (Å²) >= 11 is 0. The van der Waals surface area contributed by atoms with Crippen LogP contribution in [0.25, 0.3) is 32.9 Å². The Kier molecular flexibility index (Phi) is 5.76. The van der Waals surface area contributed by atoms with Crippen LogP contribution in [0.3, 0.4) is 0 Å². The minimum absolute atomic E-state index is 0.0216. The van der Waals surface area contributed by atoms with Gasteiger partial charge in [-0.05, 0) is 23.3 Å². The quantitative estimate of drug-likeness (QED) is 0.407. The van der Waals surface area contributed by atoms with Crippen molar-refractivity contribution in [1.29, 1.82) is 0 Å². The summed E-state index contributed by atoms with van der Waals surface area (Å²) in [6, 6.07) is 11.7. The van der Waals surface area contributed by atoms with Crippen molar-refractivity contribution in [2.45, 2.75) is 6.92 Å². The van der Waals surface area contributed by atoms with Crippen molar-refractivity contribution < 1.29 is 18.3 Å². The lowest BCUT2D eigenvalue weighted by atomic mass is 9.97. The number of carbonyl (C=O) groups is 1. The monoisotopic (exact) mass is 475 g/mol. The number of nitrogens with zero attached hydrogens (tertiary/aromatic N) is 5. The largest absolute Gasteiger partial charge is 0.467 e. The lowest BCUT2D eigenvalue weighted by Crippen LogP contribution is -2.49. The number of carbonyl (C=O) groups excluding carboxylic acids is 1. The fraction of sp³-hybridized carbons (Fsp3) is 0.231. The Bertz CT molecular complexity index is 1480. The molecule has 5 rings (SSSR count). The predicted octanol–water partition coefficient (Wildman–Crippen LogP) is 4.43. The number of benzene rings is 2. The van der Waals surface area contributed by atoms with Gasteiger partial charge in [0.1, 0.15) is 17.0 Å². The third-order valence-electron chi connectivity index (χ3n) is 6.29. The van der Waals surface area contributed by atoms with Crippen LogP contribution in [0.2, 0.25) is 0 Å². The van der Waals surface area contributed by atoms with Crippen LogP contribution in [-0.4, -0.2) is 59.0 Å². The first kappa shape index (κ1) is 22.6. The molecule has 35 heavy (non-hydrogen) atoms. The first-order valence-electron chi connectivity index (χ1n) is 11.2. The van der Waals surface area contributed by atoms with E-state index < -0.39 is 17.6 Å². The fourth-order valence-corrected chi connectivity index (χ4v) is 4.56. The number of amides is 1. The maximum absolute atomic E-state index is 16.0. The van der Waals surface area contributed by atoms with Gasteiger partial charge in [0.15, 0.2) is 11.6 Å². The van der Waals surface area contributed by atoms with Gasteiger partial charge in [-0.2, -0.15) is 9.97 Å². The third kappa shape index (κ3) is 3.92. The molecule has 2 aromatic heterocycles. The summed E-state index contributed by atoms with van der Waals surface area (Å²) in [4.78, 5) is 28.4. The van der Waals surface area contributed by atoms with E-state index in [1.165, 1.54) is 12.0 Å². The average Bonchev–Trinajstić information content (AvgIpc) is 2.88. The first-order chi connectivity index (χ1) is 16.9. The summed E-state index contributed by atoms with van der Waals surface area (Å²) < 4.78 is 34.5. The van der Waals surface area contributed by atoms with Crippen molar-refractivity contribution in [1.82, 2.24) is 19.9 Å². The number of methoxy groups -OCH3 is 1. The number of rotatable bonds is 4. The highest BCUT2D eigenvalue weighted by Gasteiger charge is 2.27. The molecule has 0 bridgehead atoms. The van der Waals surface area contributed by atoms with Gasteiger partial charge in [-0.3, -0.25) is 9.78 Å². The van der Waals surface area contributed by atoms with Crippen LogP contribution in [0.1, 0.15) is 5.56 Å². The molecule has 3 heterocycles. The van der Waals surface area contributed by atoms with E-state index in [2.05, 4.69) is 21.5 Å². The van der Waals surface area contributed by atoms with Gasteiger partial charge < -0.3 is 14.5 Å². The maximum Gasteiger partial charge on any atom is 0.318 e. The summed E-state index contributed by atoms with van der Waals surface area (Å²) in [6.45, 7) is 6.37. The molecule has 0 spiro atoms. The Morgan fingerprint density at radius 3 is 2.49 bits per heavy atom. The standard InChI is InChI=1S/C26H23F2N5O2/c1-15-6-4-7-17-8-5-9-18(20(15)17)22-21(28)23-19(14-29-22)24(31-26(30-23)35-3)32-10-12-33(13-11-32)25(34)16(2)27/h4-9,14H,2,10-13H2,1,3H3. The van der Waals surface area contributed by atoms with Crippen molar-refractivity contribution in [3.63, 3.8) is 0 Å². The zero-order valence-electron chi connectivity index (χ0n) is 19.4. The molecule has 9 heteroatoms. The van der Waals surface area contributed by atoms with Crippen LogP contribution in [-0.2, 0) is 4.79 Å². The average molecular weight is 475 g/mol. The molecule has 0 saturated carbocycles. The van der Waals surface area contributed by atoms with Crippen LogP contribution in [0.5, 0.6) is 6.01 Å².